The van der Waals surface area contributed by atoms with Gasteiger partial charge in [0.05, 0.1) is 6.61 Å². The zero-order chi connectivity index (χ0) is 20.2. The van der Waals surface area contributed by atoms with Crippen molar-refractivity contribution in [1.82, 2.24) is 0 Å². The molecule has 0 rings (SSSR count). The summed E-state index contributed by atoms with van der Waals surface area (Å²) in [5, 5.41) is 0. The highest BCUT2D eigenvalue weighted by atomic mass is 16.5. The maximum absolute atomic E-state index is 11.7. The molecule has 27 heavy (non-hydrogen) atoms. The standard InChI is InChI=1S/C23H36O4/c1-4-7-8-9-10-11-12-13-14-15-20-26-22(24)18-16-19-23(25)27-21(6-3)17-5-2/h21H,4,6,9-16,18-20H2,1-3H3. The lowest BCUT2D eigenvalue weighted by molar-refractivity contribution is -0.147. The Morgan fingerprint density at radius 1 is 0.852 bits per heavy atom. The molecule has 0 aromatic carbocycles. The van der Waals surface area contributed by atoms with Crippen LogP contribution in [0.3, 0.4) is 0 Å². The SMILES string of the molecule is CC#CC(CC)OC(=O)CCCC(=O)OCCCCCCCCC#CCC. The van der Waals surface area contributed by atoms with E-state index in [1.807, 2.05) is 6.92 Å². The molecule has 1 unspecified atom stereocenters. The van der Waals surface area contributed by atoms with E-state index in [-0.39, 0.29) is 30.9 Å². The van der Waals surface area contributed by atoms with Gasteiger partial charge in [0.2, 0.25) is 0 Å². The second-order valence-electron chi connectivity index (χ2n) is 6.43. The number of hydrogen-bond acceptors (Lipinski definition) is 4. The van der Waals surface area contributed by atoms with Crippen LogP contribution in [0.1, 0.15) is 97.8 Å². The zero-order valence-corrected chi connectivity index (χ0v) is 17.4. The molecule has 152 valence electrons. The molecule has 0 saturated carbocycles. The van der Waals surface area contributed by atoms with Crippen molar-refractivity contribution in [3.05, 3.63) is 0 Å². The van der Waals surface area contributed by atoms with Gasteiger partial charge < -0.3 is 9.47 Å². The number of ether oxygens (including phenoxy) is 2. The predicted molar refractivity (Wildman–Crippen MR) is 109 cm³/mol. The summed E-state index contributed by atoms with van der Waals surface area (Å²) in [7, 11) is 0. The van der Waals surface area contributed by atoms with Gasteiger partial charge in [0.1, 0.15) is 0 Å². The van der Waals surface area contributed by atoms with Gasteiger partial charge in [-0.3, -0.25) is 9.59 Å². The van der Waals surface area contributed by atoms with Crippen molar-refractivity contribution < 1.29 is 19.1 Å². The van der Waals surface area contributed by atoms with Crippen molar-refractivity contribution in [3.8, 4) is 23.7 Å². The van der Waals surface area contributed by atoms with E-state index in [1.54, 1.807) is 6.92 Å². The molecule has 0 amide bonds. The van der Waals surface area contributed by atoms with Crippen molar-refractivity contribution in [1.29, 1.82) is 0 Å². The van der Waals surface area contributed by atoms with Crippen LogP contribution in [0.15, 0.2) is 0 Å². The van der Waals surface area contributed by atoms with E-state index in [1.165, 1.54) is 25.7 Å². The average molecular weight is 377 g/mol. The molecule has 0 aliphatic heterocycles. The van der Waals surface area contributed by atoms with Gasteiger partial charge in [0, 0.05) is 25.7 Å². The second kappa shape index (κ2) is 18.8. The lowest BCUT2D eigenvalue weighted by Crippen LogP contribution is -2.16. The van der Waals surface area contributed by atoms with Gasteiger partial charge in [0.25, 0.3) is 0 Å². The number of esters is 2. The Labute approximate surface area is 165 Å². The van der Waals surface area contributed by atoms with E-state index in [9.17, 15) is 9.59 Å². The molecule has 0 bridgehead atoms. The van der Waals surface area contributed by atoms with Crippen LogP contribution in [0.5, 0.6) is 0 Å². The van der Waals surface area contributed by atoms with Crippen molar-refractivity contribution in [2.24, 2.45) is 0 Å². The number of carbonyl (C=O) groups excluding carboxylic acids is 2. The molecule has 0 aromatic heterocycles. The fraction of sp³-hybridized carbons (Fsp3) is 0.739. The van der Waals surface area contributed by atoms with E-state index in [0.717, 1.165) is 25.7 Å². The third-order valence-electron chi connectivity index (χ3n) is 3.97. The van der Waals surface area contributed by atoms with E-state index < -0.39 is 0 Å². The van der Waals surface area contributed by atoms with Crippen LogP contribution in [-0.4, -0.2) is 24.6 Å². The minimum absolute atomic E-state index is 0.222. The first kappa shape index (κ1) is 25.1. The third-order valence-corrected chi connectivity index (χ3v) is 3.97. The van der Waals surface area contributed by atoms with Crippen molar-refractivity contribution in [2.45, 2.75) is 104 Å². The Morgan fingerprint density at radius 3 is 2.19 bits per heavy atom. The first-order valence-electron chi connectivity index (χ1n) is 10.4. The maximum atomic E-state index is 11.7. The molecule has 0 spiro atoms. The van der Waals surface area contributed by atoms with Crippen molar-refractivity contribution >= 4 is 11.9 Å². The largest absolute Gasteiger partial charge is 0.466 e. The number of carbonyl (C=O) groups is 2. The molecule has 4 heteroatoms. The Bertz CT molecular complexity index is 516. The smallest absolute Gasteiger partial charge is 0.307 e. The fourth-order valence-electron chi connectivity index (χ4n) is 2.46. The maximum Gasteiger partial charge on any atom is 0.307 e. The summed E-state index contributed by atoms with van der Waals surface area (Å²) in [4.78, 5) is 23.3. The van der Waals surface area contributed by atoms with Gasteiger partial charge in [-0.1, -0.05) is 45.5 Å². The number of rotatable bonds is 14. The molecular weight excluding hydrogens is 340 g/mol. The molecule has 0 heterocycles. The van der Waals surface area contributed by atoms with Crippen LogP contribution >= 0.6 is 0 Å². The molecule has 0 N–H and O–H groups in total. The normalized spacial score (nSPS) is 10.8. The summed E-state index contributed by atoms with van der Waals surface area (Å²) in [6.45, 7) is 6.17. The minimum atomic E-state index is -0.348. The van der Waals surface area contributed by atoms with Gasteiger partial charge in [0.15, 0.2) is 6.10 Å². The quantitative estimate of drug-likeness (QED) is 0.238. The summed E-state index contributed by atoms with van der Waals surface area (Å²) in [5.74, 6) is 11.3. The van der Waals surface area contributed by atoms with Crippen LogP contribution in [-0.2, 0) is 19.1 Å². The van der Waals surface area contributed by atoms with Crippen LogP contribution in [0.25, 0.3) is 0 Å². The van der Waals surface area contributed by atoms with Crippen LogP contribution in [0.4, 0.5) is 0 Å². The van der Waals surface area contributed by atoms with Crippen LogP contribution < -0.4 is 0 Å². The summed E-state index contributed by atoms with van der Waals surface area (Å²) in [6, 6.07) is 0. The minimum Gasteiger partial charge on any atom is -0.466 e. The van der Waals surface area contributed by atoms with Gasteiger partial charge in [-0.2, -0.15) is 0 Å². The first-order valence-corrected chi connectivity index (χ1v) is 10.4. The zero-order valence-electron chi connectivity index (χ0n) is 17.4. The Hall–Kier alpha value is -1.94. The number of hydrogen-bond donors (Lipinski definition) is 0. The summed E-state index contributed by atoms with van der Waals surface area (Å²) >= 11 is 0. The molecule has 0 radical (unpaired) electrons. The Morgan fingerprint density at radius 2 is 1.52 bits per heavy atom. The van der Waals surface area contributed by atoms with Gasteiger partial charge in [-0.15, -0.1) is 17.8 Å². The van der Waals surface area contributed by atoms with E-state index in [2.05, 4.69) is 30.6 Å². The van der Waals surface area contributed by atoms with Gasteiger partial charge in [-0.05, 0) is 32.6 Å². The monoisotopic (exact) mass is 376 g/mol. The van der Waals surface area contributed by atoms with E-state index >= 15 is 0 Å². The van der Waals surface area contributed by atoms with Crippen LogP contribution in [0, 0.1) is 23.7 Å². The summed E-state index contributed by atoms with van der Waals surface area (Å²) in [6.07, 6.45) is 9.95. The highest BCUT2D eigenvalue weighted by Crippen LogP contribution is 2.08. The van der Waals surface area contributed by atoms with Gasteiger partial charge in [-0.25, -0.2) is 0 Å². The van der Waals surface area contributed by atoms with Gasteiger partial charge >= 0.3 is 11.9 Å². The van der Waals surface area contributed by atoms with E-state index in [4.69, 9.17) is 9.47 Å². The summed E-state index contributed by atoms with van der Waals surface area (Å²) < 4.78 is 10.4. The van der Waals surface area contributed by atoms with Crippen molar-refractivity contribution in [2.75, 3.05) is 6.61 Å². The lowest BCUT2D eigenvalue weighted by Gasteiger charge is -2.10. The average Bonchev–Trinajstić information content (AvgIpc) is 2.65. The lowest BCUT2D eigenvalue weighted by atomic mass is 10.1. The molecule has 0 aliphatic carbocycles. The fourth-order valence-corrected chi connectivity index (χ4v) is 2.46. The Kier molecular flexibility index (Phi) is 17.5. The first-order chi connectivity index (χ1) is 13.1. The van der Waals surface area contributed by atoms with E-state index in [0.29, 0.717) is 19.4 Å². The molecule has 0 aliphatic rings. The number of unbranched alkanes of at least 4 members (excludes halogenated alkanes) is 6. The second-order valence-corrected chi connectivity index (χ2v) is 6.43. The highest BCUT2D eigenvalue weighted by Gasteiger charge is 2.11. The molecule has 0 fully saturated rings. The van der Waals surface area contributed by atoms with Crippen LogP contribution in [0.2, 0.25) is 0 Å². The predicted octanol–water partition coefficient (Wildman–Crippen LogP) is 5.19. The molecule has 4 nitrogen and oxygen atoms in total. The van der Waals surface area contributed by atoms with Crippen molar-refractivity contribution in [3.63, 3.8) is 0 Å². The Balaban J connectivity index is 3.51. The molecule has 1 atom stereocenters. The highest BCUT2D eigenvalue weighted by molar-refractivity contribution is 5.72. The summed E-state index contributed by atoms with van der Waals surface area (Å²) in [5.41, 5.74) is 0. The molecular formula is C23H36O4. The third kappa shape index (κ3) is 17.2. The molecule has 0 saturated heterocycles. The molecule has 0 aromatic rings. The topological polar surface area (TPSA) is 52.6 Å².